The predicted molar refractivity (Wildman–Crippen MR) is 128 cm³/mol. The Kier molecular flexibility index (Phi) is 10.2. The number of carbonyl (C=O) groups excluding carboxylic acids is 1. The Bertz CT molecular complexity index is 675. The quantitative estimate of drug-likeness (QED) is 0.345. The average Bonchev–Trinajstić information content (AvgIpc) is 3.11. The number of likely N-dealkylation sites (tertiary alicyclic amines) is 2. The number of ether oxygens (including phenoxy) is 1. The molecule has 2 aliphatic heterocycles. The van der Waals surface area contributed by atoms with Crippen molar-refractivity contribution in [1.29, 1.82) is 0 Å². The van der Waals surface area contributed by atoms with E-state index in [9.17, 15) is 4.79 Å². The summed E-state index contributed by atoms with van der Waals surface area (Å²) in [5.74, 6) is 1.26. The maximum atomic E-state index is 11.9. The Morgan fingerprint density at radius 3 is 2.62 bits per heavy atom. The number of carbonyl (C=O) groups is 1. The molecular formula is C22H35IN4O2. The second-order valence-electron chi connectivity index (χ2n) is 7.55. The first-order valence-corrected chi connectivity index (χ1v) is 10.7. The molecule has 0 spiro atoms. The molecule has 1 N–H and O–H groups in total. The van der Waals surface area contributed by atoms with E-state index in [1.807, 2.05) is 4.90 Å². The first kappa shape index (κ1) is 23.9. The van der Waals surface area contributed by atoms with E-state index in [1.165, 1.54) is 11.1 Å². The van der Waals surface area contributed by atoms with Crippen molar-refractivity contribution in [2.45, 2.75) is 58.7 Å². The maximum Gasteiger partial charge on any atom is 0.222 e. The normalized spacial score (nSPS) is 18.1. The zero-order valence-electron chi connectivity index (χ0n) is 17.7. The molecule has 1 aromatic carbocycles. The van der Waals surface area contributed by atoms with E-state index in [1.54, 1.807) is 0 Å². The molecule has 0 aromatic heterocycles. The molecule has 162 valence electrons. The predicted octanol–water partition coefficient (Wildman–Crippen LogP) is 3.39. The van der Waals surface area contributed by atoms with E-state index in [2.05, 4.69) is 48.3 Å². The third kappa shape index (κ3) is 7.13. The fourth-order valence-corrected chi connectivity index (χ4v) is 3.98. The molecule has 2 saturated heterocycles. The minimum atomic E-state index is 0. The minimum absolute atomic E-state index is 0. The van der Waals surface area contributed by atoms with Crippen molar-refractivity contribution in [3.05, 3.63) is 35.4 Å². The molecule has 0 bridgehead atoms. The van der Waals surface area contributed by atoms with E-state index >= 15 is 0 Å². The summed E-state index contributed by atoms with van der Waals surface area (Å²) in [6.45, 7) is 10.0. The molecule has 0 aliphatic carbocycles. The molecule has 7 heteroatoms. The molecule has 1 aromatic rings. The largest absolute Gasteiger partial charge is 0.378 e. The van der Waals surface area contributed by atoms with Crippen molar-refractivity contribution < 1.29 is 9.53 Å². The van der Waals surface area contributed by atoms with Gasteiger partial charge in [-0.2, -0.15) is 0 Å². The van der Waals surface area contributed by atoms with Gasteiger partial charge in [-0.25, -0.2) is 4.99 Å². The summed E-state index contributed by atoms with van der Waals surface area (Å²) in [7, 11) is 0. The van der Waals surface area contributed by atoms with Crippen molar-refractivity contribution >= 4 is 35.8 Å². The van der Waals surface area contributed by atoms with Crippen LogP contribution in [0.1, 0.15) is 50.7 Å². The van der Waals surface area contributed by atoms with Gasteiger partial charge in [0.25, 0.3) is 0 Å². The van der Waals surface area contributed by atoms with Gasteiger partial charge in [0, 0.05) is 45.8 Å². The molecule has 6 nitrogen and oxygen atoms in total. The van der Waals surface area contributed by atoms with Gasteiger partial charge in [0.2, 0.25) is 5.91 Å². The van der Waals surface area contributed by atoms with Crippen molar-refractivity contribution in [1.82, 2.24) is 15.1 Å². The summed E-state index contributed by atoms with van der Waals surface area (Å²) in [4.78, 5) is 21.0. The van der Waals surface area contributed by atoms with E-state index in [0.717, 1.165) is 58.0 Å². The number of halogens is 1. The smallest absolute Gasteiger partial charge is 0.222 e. The first-order chi connectivity index (χ1) is 13.7. The second-order valence-corrected chi connectivity index (χ2v) is 7.55. The van der Waals surface area contributed by atoms with Gasteiger partial charge in [0.05, 0.1) is 12.6 Å². The standard InChI is InChI=1S/C22H34N4O2.HI/c1-3-23-22(25-13-10-20(11-14-25)28-4-2)24-16-18-7-5-8-19(15-18)17-26-12-6-9-21(26)27;/h5,7-8,15,20H,3-4,6,9-14,16-17H2,1-2H3,(H,23,24);1H. The van der Waals surface area contributed by atoms with Crippen LogP contribution in [-0.2, 0) is 22.6 Å². The summed E-state index contributed by atoms with van der Waals surface area (Å²) in [6, 6.07) is 8.47. The zero-order valence-corrected chi connectivity index (χ0v) is 20.1. The highest BCUT2D eigenvalue weighted by molar-refractivity contribution is 14.0. The van der Waals surface area contributed by atoms with Gasteiger partial charge in [-0.1, -0.05) is 24.3 Å². The molecule has 1 amide bonds. The third-order valence-corrected chi connectivity index (χ3v) is 5.43. The van der Waals surface area contributed by atoms with Gasteiger partial charge in [-0.05, 0) is 44.2 Å². The van der Waals surface area contributed by atoms with E-state index < -0.39 is 0 Å². The van der Waals surface area contributed by atoms with E-state index in [0.29, 0.717) is 25.6 Å². The number of piperidine rings is 1. The summed E-state index contributed by atoms with van der Waals surface area (Å²) in [5.41, 5.74) is 2.37. The molecule has 29 heavy (non-hydrogen) atoms. The van der Waals surface area contributed by atoms with Crippen LogP contribution in [0.5, 0.6) is 0 Å². The highest BCUT2D eigenvalue weighted by atomic mass is 127. The highest BCUT2D eigenvalue weighted by Crippen LogP contribution is 2.17. The monoisotopic (exact) mass is 514 g/mol. The molecule has 2 aliphatic rings. The van der Waals surface area contributed by atoms with Gasteiger partial charge in [-0.3, -0.25) is 4.79 Å². The van der Waals surface area contributed by atoms with Gasteiger partial charge >= 0.3 is 0 Å². The van der Waals surface area contributed by atoms with E-state index in [-0.39, 0.29) is 29.9 Å². The van der Waals surface area contributed by atoms with Crippen molar-refractivity contribution in [2.24, 2.45) is 4.99 Å². The molecule has 2 fully saturated rings. The van der Waals surface area contributed by atoms with Gasteiger partial charge in [-0.15, -0.1) is 24.0 Å². The summed E-state index contributed by atoms with van der Waals surface area (Å²) in [6.07, 6.45) is 4.16. The fraction of sp³-hybridized carbons (Fsp3) is 0.636. The van der Waals surface area contributed by atoms with Crippen molar-refractivity contribution in [3.8, 4) is 0 Å². The van der Waals surface area contributed by atoms with Crippen LogP contribution in [0.4, 0.5) is 0 Å². The summed E-state index contributed by atoms with van der Waals surface area (Å²) >= 11 is 0. The fourth-order valence-electron chi connectivity index (χ4n) is 3.98. The third-order valence-electron chi connectivity index (χ3n) is 5.43. The van der Waals surface area contributed by atoms with Crippen LogP contribution in [0.2, 0.25) is 0 Å². The van der Waals surface area contributed by atoms with Crippen LogP contribution in [0.3, 0.4) is 0 Å². The number of nitrogens with zero attached hydrogens (tertiary/aromatic N) is 3. The number of hydrogen-bond acceptors (Lipinski definition) is 3. The lowest BCUT2D eigenvalue weighted by atomic mass is 10.1. The SMILES string of the molecule is CCNC(=NCc1cccc(CN2CCCC2=O)c1)N1CCC(OCC)CC1.I. The summed E-state index contributed by atoms with van der Waals surface area (Å²) < 4.78 is 5.76. The van der Waals surface area contributed by atoms with Crippen molar-refractivity contribution in [3.63, 3.8) is 0 Å². The van der Waals surface area contributed by atoms with Gasteiger partial charge in [0.1, 0.15) is 0 Å². The lowest BCUT2D eigenvalue weighted by Crippen LogP contribution is -2.47. The van der Waals surface area contributed by atoms with Crippen LogP contribution < -0.4 is 5.32 Å². The Morgan fingerprint density at radius 1 is 1.21 bits per heavy atom. The highest BCUT2D eigenvalue weighted by Gasteiger charge is 2.22. The molecule has 2 heterocycles. The molecule has 3 rings (SSSR count). The number of aliphatic imine (C=N–C) groups is 1. The lowest BCUT2D eigenvalue weighted by Gasteiger charge is -2.34. The molecule has 0 atom stereocenters. The Balaban J connectivity index is 0.00000300. The first-order valence-electron chi connectivity index (χ1n) is 10.7. The molecule has 0 radical (unpaired) electrons. The Hall–Kier alpha value is -1.35. The van der Waals surface area contributed by atoms with Crippen molar-refractivity contribution in [2.75, 3.05) is 32.8 Å². The van der Waals surface area contributed by atoms with Crippen LogP contribution in [0.25, 0.3) is 0 Å². The number of guanidine groups is 1. The van der Waals surface area contributed by atoms with Crippen LogP contribution >= 0.6 is 24.0 Å². The Morgan fingerprint density at radius 2 is 1.97 bits per heavy atom. The number of nitrogens with one attached hydrogen (secondary N) is 1. The zero-order chi connectivity index (χ0) is 19.8. The number of benzene rings is 1. The number of amides is 1. The van der Waals surface area contributed by atoms with E-state index in [4.69, 9.17) is 9.73 Å². The van der Waals surface area contributed by atoms with Crippen LogP contribution in [0.15, 0.2) is 29.3 Å². The maximum absolute atomic E-state index is 11.9. The average molecular weight is 514 g/mol. The lowest BCUT2D eigenvalue weighted by molar-refractivity contribution is -0.128. The molecule has 0 unspecified atom stereocenters. The van der Waals surface area contributed by atoms with Crippen LogP contribution in [0, 0.1) is 0 Å². The second kappa shape index (κ2) is 12.4. The Labute approximate surface area is 192 Å². The summed E-state index contributed by atoms with van der Waals surface area (Å²) in [5, 5.41) is 3.43. The topological polar surface area (TPSA) is 57.2 Å². The molecule has 0 saturated carbocycles. The van der Waals surface area contributed by atoms with Gasteiger partial charge < -0.3 is 19.9 Å². The molecular weight excluding hydrogens is 479 g/mol. The van der Waals surface area contributed by atoms with Crippen LogP contribution in [-0.4, -0.2) is 60.6 Å². The number of rotatable bonds is 7. The number of hydrogen-bond donors (Lipinski definition) is 1. The minimum Gasteiger partial charge on any atom is -0.378 e. The van der Waals surface area contributed by atoms with Gasteiger partial charge in [0.15, 0.2) is 5.96 Å².